The quantitative estimate of drug-likeness (QED) is 0.118. The molecule has 1 fully saturated rings. The zero-order chi connectivity index (χ0) is 48.0. The lowest BCUT2D eigenvalue weighted by molar-refractivity contribution is -0.190. The Morgan fingerprint density at radius 2 is 1.03 bits per heavy atom. The third kappa shape index (κ3) is 12.7. The first-order valence-electron chi connectivity index (χ1n) is 17.9. The minimum atomic E-state index is -4.76. The Bertz CT molecular complexity index is 2590. The molecular weight excluding hydrogens is 989 g/mol. The molecule has 0 N–H and O–H groups in total. The molecule has 1 saturated heterocycles. The molecule has 2 atom stereocenters. The fraction of sp³-hybridized carbons (Fsp3) is 0.421. The Hall–Kier alpha value is -5.38. The second-order valence-electron chi connectivity index (χ2n) is 14.5. The number of alkyl halides is 12. The van der Waals surface area contributed by atoms with Crippen molar-refractivity contribution in [3.8, 4) is 22.9 Å². The molecule has 0 amide bonds. The minimum absolute atomic E-state index is 0. The molecule has 1 aliphatic heterocycles. The summed E-state index contributed by atoms with van der Waals surface area (Å²) in [7, 11) is -0.851. The molecular formula is C38H38BBrF14N8O4. The van der Waals surface area contributed by atoms with Crippen molar-refractivity contribution in [1.29, 1.82) is 0 Å². The van der Waals surface area contributed by atoms with Crippen molar-refractivity contribution in [2.45, 2.75) is 105 Å². The van der Waals surface area contributed by atoms with Crippen LogP contribution in [-0.2, 0) is 21.7 Å². The molecule has 66 heavy (non-hydrogen) atoms. The predicted molar refractivity (Wildman–Crippen MR) is 213 cm³/mol. The predicted octanol–water partition coefficient (Wildman–Crippen LogP) is 10.9. The molecule has 12 nitrogen and oxygen atoms in total. The highest BCUT2D eigenvalue weighted by molar-refractivity contribution is 9.10. The SMILES string of the molecule is C.C.C[C@@H](Oc1ncc(-c2ccc3nnc(C(F)(F)F)n3c2)cc1F)C(F)(F)F.C[C@@H](Oc1ncc(B2OC(C)(C)C(C)(C)O2)cc1F)C(F)(F)F.FC(F)(F)c1nnc2ccc(Br)cn12. The molecule has 362 valence electrons. The molecule has 6 aromatic heterocycles. The number of ether oxygens (including phenoxy) is 2. The Balaban J connectivity index is 0.000000270. The van der Waals surface area contributed by atoms with E-state index in [0.29, 0.717) is 15.8 Å². The first kappa shape index (κ1) is 55.0. The standard InChI is InChI=1S/C15H9F7N4O.C14H18BF4NO3.C7H3BrF3N3.2CH4/c1-7(14(17,18)19)27-12-10(16)4-9(5-23-12)8-2-3-11-24-25-13(15(20,21)22)26(11)6-8;1-8(14(17,18)19)21-11-10(16)6-9(7-20-11)15-22-12(2,3)13(4,5)23-15;8-4-1-2-5-12-13-6(7(9,10)11)14(5)3-4;;/h2-7H,1H3;6-8H,1-5H3;1-3H;2*1H4/t7-;8-;;;/m11.../s1. The molecule has 0 spiro atoms. The van der Waals surface area contributed by atoms with Gasteiger partial charge in [-0.15, -0.1) is 20.4 Å². The van der Waals surface area contributed by atoms with Crippen LogP contribution < -0.4 is 14.9 Å². The number of aromatic nitrogens is 8. The topological polar surface area (TPSA) is 123 Å². The molecule has 0 unspecified atom stereocenters. The van der Waals surface area contributed by atoms with E-state index in [-0.39, 0.29) is 42.7 Å². The van der Waals surface area contributed by atoms with Crippen molar-refractivity contribution in [2.75, 3.05) is 0 Å². The minimum Gasteiger partial charge on any atom is -0.463 e. The van der Waals surface area contributed by atoms with Gasteiger partial charge in [-0.1, -0.05) is 14.9 Å². The van der Waals surface area contributed by atoms with E-state index in [9.17, 15) is 61.5 Å². The van der Waals surface area contributed by atoms with Crippen molar-refractivity contribution in [1.82, 2.24) is 39.2 Å². The fourth-order valence-corrected chi connectivity index (χ4v) is 5.42. The van der Waals surface area contributed by atoms with Gasteiger partial charge >= 0.3 is 31.8 Å². The lowest BCUT2D eigenvalue weighted by Crippen LogP contribution is -2.41. The Kier molecular flexibility index (Phi) is 16.5. The van der Waals surface area contributed by atoms with Crippen LogP contribution in [0.5, 0.6) is 11.8 Å². The van der Waals surface area contributed by atoms with Gasteiger partial charge in [-0.3, -0.25) is 8.80 Å². The summed E-state index contributed by atoms with van der Waals surface area (Å²) in [6.07, 6.45) is -18.5. The number of nitrogens with zero attached hydrogens (tertiary/aromatic N) is 8. The summed E-state index contributed by atoms with van der Waals surface area (Å²) in [6, 6.07) is 7.44. The van der Waals surface area contributed by atoms with Crippen LogP contribution >= 0.6 is 15.9 Å². The van der Waals surface area contributed by atoms with Crippen molar-refractivity contribution >= 4 is 39.8 Å². The van der Waals surface area contributed by atoms with Crippen LogP contribution in [0.1, 0.15) is 68.0 Å². The summed E-state index contributed by atoms with van der Waals surface area (Å²) < 4.78 is 201. The summed E-state index contributed by atoms with van der Waals surface area (Å²) in [6.45, 7) is 8.80. The fourth-order valence-electron chi connectivity index (χ4n) is 5.09. The van der Waals surface area contributed by atoms with Crippen LogP contribution in [0.4, 0.5) is 61.5 Å². The van der Waals surface area contributed by atoms with Crippen LogP contribution in [0.2, 0.25) is 0 Å². The van der Waals surface area contributed by atoms with Gasteiger partial charge in [0.15, 0.2) is 35.1 Å². The third-order valence-corrected chi connectivity index (χ3v) is 9.74. The molecule has 0 bridgehead atoms. The van der Waals surface area contributed by atoms with Crippen molar-refractivity contribution in [3.63, 3.8) is 0 Å². The first-order valence-corrected chi connectivity index (χ1v) is 18.7. The number of halogens is 15. The van der Waals surface area contributed by atoms with E-state index in [1.54, 1.807) is 6.07 Å². The van der Waals surface area contributed by atoms with Gasteiger partial charge in [-0.05, 0) is 93.9 Å². The average molecular weight is 1030 g/mol. The summed E-state index contributed by atoms with van der Waals surface area (Å²) in [5.41, 5.74) is -0.729. The maximum absolute atomic E-state index is 14.0. The van der Waals surface area contributed by atoms with Gasteiger partial charge in [0.1, 0.15) is 0 Å². The monoisotopic (exact) mass is 1030 g/mol. The van der Waals surface area contributed by atoms with Crippen LogP contribution in [0.15, 0.2) is 65.7 Å². The third-order valence-electron chi connectivity index (χ3n) is 9.27. The summed E-state index contributed by atoms with van der Waals surface area (Å²) in [5.74, 6) is -6.07. The maximum atomic E-state index is 14.0. The van der Waals surface area contributed by atoms with Gasteiger partial charge in [-0.25, -0.2) is 18.7 Å². The van der Waals surface area contributed by atoms with E-state index >= 15 is 0 Å². The molecule has 0 aliphatic carbocycles. The van der Waals surface area contributed by atoms with E-state index in [1.807, 2.05) is 27.7 Å². The molecule has 0 radical (unpaired) electrons. The van der Waals surface area contributed by atoms with Gasteiger partial charge in [0, 0.05) is 45.8 Å². The summed E-state index contributed by atoms with van der Waals surface area (Å²) >= 11 is 3.07. The van der Waals surface area contributed by atoms with Gasteiger partial charge < -0.3 is 18.8 Å². The number of pyridine rings is 4. The smallest absolute Gasteiger partial charge is 0.463 e. The van der Waals surface area contributed by atoms with Gasteiger partial charge in [0.2, 0.25) is 11.6 Å². The second kappa shape index (κ2) is 19.8. The highest BCUT2D eigenvalue weighted by atomic mass is 79.9. The van der Waals surface area contributed by atoms with Gasteiger partial charge in [0.25, 0.3) is 11.8 Å². The zero-order valence-corrected chi connectivity index (χ0v) is 35.0. The molecule has 28 heteroatoms. The zero-order valence-electron chi connectivity index (χ0n) is 33.4. The van der Waals surface area contributed by atoms with E-state index < -0.39 is 90.3 Å². The molecule has 6 aromatic rings. The summed E-state index contributed by atoms with van der Waals surface area (Å²) in [5, 5.41) is 12.9. The van der Waals surface area contributed by atoms with Crippen LogP contribution in [0.3, 0.4) is 0 Å². The van der Waals surface area contributed by atoms with Gasteiger partial charge in [0.05, 0.1) is 11.2 Å². The number of rotatable bonds is 6. The summed E-state index contributed by atoms with van der Waals surface area (Å²) in [4.78, 5) is 7.10. The van der Waals surface area contributed by atoms with E-state index in [0.717, 1.165) is 35.9 Å². The molecule has 7 heterocycles. The normalized spacial score (nSPS) is 15.7. The Morgan fingerprint density at radius 3 is 1.45 bits per heavy atom. The Labute approximate surface area is 374 Å². The van der Waals surface area contributed by atoms with Crippen LogP contribution in [0.25, 0.3) is 22.4 Å². The molecule has 0 saturated carbocycles. The Morgan fingerprint density at radius 1 is 0.606 bits per heavy atom. The molecule has 7 rings (SSSR count). The number of hydrogen-bond acceptors (Lipinski definition) is 10. The maximum Gasteiger partial charge on any atom is 0.496 e. The lowest BCUT2D eigenvalue weighted by atomic mass is 9.80. The van der Waals surface area contributed by atoms with Crippen LogP contribution in [-0.4, -0.2) is 82.0 Å². The van der Waals surface area contributed by atoms with E-state index in [2.05, 4.69) is 55.8 Å². The highest BCUT2D eigenvalue weighted by Gasteiger charge is 2.52. The largest absolute Gasteiger partial charge is 0.496 e. The second-order valence-corrected chi connectivity index (χ2v) is 15.4. The van der Waals surface area contributed by atoms with E-state index in [1.165, 1.54) is 30.6 Å². The highest BCUT2D eigenvalue weighted by Crippen LogP contribution is 2.37. The molecule has 1 aliphatic rings. The van der Waals surface area contributed by atoms with E-state index in [4.69, 9.17) is 9.31 Å². The number of hydrogen-bond donors (Lipinski definition) is 0. The first-order chi connectivity index (χ1) is 29.3. The molecule has 0 aromatic carbocycles. The van der Waals surface area contributed by atoms with Crippen molar-refractivity contribution < 1.29 is 80.2 Å². The van der Waals surface area contributed by atoms with Crippen molar-refractivity contribution in [2.24, 2.45) is 0 Å². The lowest BCUT2D eigenvalue weighted by Gasteiger charge is -2.32. The average Bonchev–Trinajstić information content (AvgIpc) is 3.85. The van der Waals surface area contributed by atoms with Crippen molar-refractivity contribution in [3.05, 3.63) is 88.9 Å². The number of fused-ring (bicyclic) bond motifs is 2. The van der Waals surface area contributed by atoms with Crippen LogP contribution in [0, 0.1) is 11.6 Å². The van der Waals surface area contributed by atoms with Gasteiger partial charge in [-0.2, -0.15) is 52.7 Å².